The van der Waals surface area contributed by atoms with Crippen LogP contribution in [0.2, 0.25) is 0 Å². The van der Waals surface area contributed by atoms with Crippen LogP contribution in [-0.4, -0.2) is 38.8 Å². The van der Waals surface area contributed by atoms with E-state index in [-0.39, 0.29) is 12.3 Å². The highest BCUT2D eigenvalue weighted by Crippen LogP contribution is 2.41. The number of nitrogens with zero attached hydrogens (tertiary/aromatic N) is 6. The Balaban J connectivity index is 1.08. The number of pyridine rings is 2. The molecule has 0 bridgehead atoms. The van der Waals surface area contributed by atoms with Crippen LogP contribution >= 0.6 is 0 Å². The molecule has 0 N–H and O–H groups in total. The first-order valence-electron chi connectivity index (χ1n) is 14.0. The number of benzene rings is 2. The monoisotopic (exact) mass is 542 g/mol. The van der Waals surface area contributed by atoms with Gasteiger partial charge in [0.15, 0.2) is 11.2 Å². The van der Waals surface area contributed by atoms with Crippen LogP contribution in [0.4, 0.5) is 11.4 Å². The Morgan fingerprint density at radius 2 is 1.07 bits per heavy atom. The van der Waals surface area contributed by atoms with Crippen molar-refractivity contribution in [2.24, 2.45) is 0 Å². The fourth-order valence-electron chi connectivity index (χ4n) is 6.33. The fourth-order valence-corrected chi connectivity index (χ4v) is 6.33. The van der Waals surface area contributed by atoms with Crippen molar-refractivity contribution in [2.75, 3.05) is 16.5 Å². The summed E-state index contributed by atoms with van der Waals surface area (Å²) < 4.78 is 12.6. The van der Waals surface area contributed by atoms with Gasteiger partial charge in [0.1, 0.15) is 12.3 Å². The van der Waals surface area contributed by atoms with Gasteiger partial charge in [0, 0.05) is 58.7 Å². The van der Waals surface area contributed by atoms with Gasteiger partial charge in [-0.3, -0.25) is 0 Å². The predicted octanol–water partition coefficient (Wildman–Crippen LogP) is 7.43. The number of fused-ring (bicyclic) bond motifs is 6. The highest BCUT2D eigenvalue weighted by molar-refractivity contribution is 6.09. The van der Waals surface area contributed by atoms with Gasteiger partial charge in [-0.2, -0.15) is 0 Å². The summed E-state index contributed by atoms with van der Waals surface area (Å²) in [5.74, 6) is 0. The average molecular weight is 543 g/mol. The number of hydrogen-bond acceptors (Lipinski definition) is 8. The summed E-state index contributed by atoms with van der Waals surface area (Å²) >= 11 is 0. The van der Waals surface area contributed by atoms with Crippen LogP contribution in [0, 0.1) is 13.8 Å². The molecule has 4 aromatic heterocycles. The number of furan rings is 2. The van der Waals surface area contributed by atoms with E-state index in [4.69, 9.17) is 8.83 Å². The van der Waals surface area contributed by atoms with Gasteiger partial charge in [0.2, 0.25) is 11.4 Å². The lowest BCUT2D eigenvalue weighted by Gasteiger charge is -2.36. The van der Waals surface area contributed by atoms with Crippen LogP contribution in [0.1, 0.15) is 25.0 Å². The molecule has 6 aromatic rings. The van der Waals surface area contributed by atoms with Gasteiger partial charge in [0.05, 0.1) is 18.0 Å². The second-order valence-electron chi connectivity index (χ2n) is 11.0. The second-order valence-corrected chi connectivity index (χ2v) is 11.0. The van der Waals surface area contributed by atoms with Crippen LogP contribution in [0.15, 0.2) is 94.6 Å². The van der Waals surface area contributed by atoms with Crippen molar-refractivity contribution < 1.29 is 8.83 Å². The highest BCUT2D eigenvalue weighted by Gasteiger charge is 2.32. The molecule has 2 aromatic carbocycles. The number of anilines is 2. The largest absolute Gasteiger partial charge is 0.435 e. The molecule has 2 atom stereocenters. The molecule has 6 heterocycles. The Hall–Kier alpha value is -4.98. The minimum Gasteiger partial charge on any atom is -0.435 e. The van der Waals surface area contributed by atoms with Crippen LogP contribution in [0.3, 0.4) is 0 Å². The van der Waals surface area contributed by atoms with E-state index in [1.54, 1.807) is 12.4 Å². The maximum Gasteiger partial charge on any atom is 0.227 e. The first kappa shape index (κ1) is 23.9. The van der Waals surface area contributed by atoms with E-state index in [0.717, 1.165) is 50.8 Å². The normalized spacial score (nSPS) is 18.9. The van der Waals surface area contributed by atoms with Gasteiger partial charge in [-0.1, -0.05) is 24.3 Å². The van der Waals surface area contributed by atoms with Gasteiger partial charge in [0.25, 0.3) is 0 Å². The van der Waals surface area contributed by atoms with Crippen LogP contribution in [0.5, 0.6) is 0 Å². The molecule has 0 unspecified atom stereocenters. The molecular formula is C33H30N6O2. The van der Waals surface area contributed by atoms with E-state index in [9.17, 15) is 0 Å². The third-order valence-corrected chi connectivity index (χ3v) is 8.63. The summed E-state index contributed by atoms with van der Waals surface area (Å²) in [4.78, 5) is 18.2. The summed E-state index contributed by atoms with van der Waals surface area (Å²) in [6.07, 6.45) is 12.4. The van der Waals surface area contributed by atoms with Crippen LogP contribution < -0.4 is 9.80 Å². The van der Waals surface area contributed by atoms with Crippen LogP contribution in [-0.2, 0) is 0 Å². The third-order valence-electron chi connectivity index (χ3n) is 8.63. The molecular weight excluding hydrogens is 512 g/mol. The molecule has 0 spiro atoms. The fraction of sp³-hybridized carbons (Fsp3) is 0.212. The summed E-state index contributed by atoms with van der Waals surface area (Å²) in [5, 5.41) is 4.26. The molecule has 2 aliphatic rings. The van der Waals surface area contributed by atoms with Crippen molar-refractivity contribution in [3.8, 4) is 0 Å². The van der Waals surface area contributed by atoms with Gasteiger partial charge in [-0.15, -0.1) is 0 Å². The summed E-state index contributed by atoms with van der Waals surface area (Å²) in [6, 6.07) is 16.7. The Bertz CT molecular complexity index is 1890. The molecule has 8 nitrogen and oxygen atoms in total. The number of aromatic nitrogens is 2. The van der Waals surface area contributed by atoms with Gasteiger partial charge >= 0.3 is 0 Å². The molecule has 0 radical (unpaired) electrons. The molecule has 0 saturated carbocycles. The zero-order valence-electron chi connectivity index (χ0n) is 23.4. The molecule has 41 heavy (non-hydrogen) atoms. The van der Waals surface area contributed by atoms with Gasteiger partial charge < -0.3 is 28.4 Å². The van der Waals surface area contributed by atoms with Crippen molar-refractivity contribution in [1.82, 2.24) is 19.8 Å². The zero-order valence-corrected chi connectivity index (χ0v) is 23.4. The van der Waals surface area contributed by atoms with Crippen molar-refractivity contribution in [3.63, 3.8) is 0 Å². The molecule has 0 saturated heterocycles. The molecule has 2 aliphatic heterocycles. The van der Waals surface area contributed by atoms with E-state index in [0.29, 0.717) is 11.4 Å². The summed E-state index contributed by atoms with van der Waals surface area (Å²) in [5.41, 5.74) is 7.59. The highest BCUT2D eigenvalue weighted by atomic mass is 16.3. The smallest absolute Gasteiger partial charge is 0.227 e. The number of rotatable bonds is 4. The maximum absolute atomic E-state index is 6.30. The maximum atomic E-state index is 6.30. The third kappa shape index (κ3) is 3.46. The van der Waals surface area contributed by atoms with Crippen molar-refractivity contribution in [1.29, 1.82) is 0 Å². The van der Waals surface area contributed by atoms with E-state index in [1.807, 2.05) is 12.1 Å². The lowest BCUT2D eigenvalue weighted by molar-refractivity contribution is 0.176. The van der Waals surface area contributed by atoms with Crippen molar-refractivity contribution in [2.45, 2.75) is 40.0 Å². The Morgan fingerprint density at radius 1 is 0.610 bits per heavy atom. The van der Waals surface area contributed by atoms with E-state index < -0.39 is 0 Å². The Morgan fingerprint density at radius 3 is 1.54 bits per heavy atom. The lowest BCUT2D eigenvalue weighted by Crippen LogP contribution is -2.45. The minimum atomic E-state index is 0.0988. The van der Waals surface area contributed by atoms with Gasteiger partial charge in [-0.05, 0) is 63.1 Å². The molecule has 204 valence electrons. The van der Waals surface area contributed by atoms with Gasteiger partial charge in [-0.25, -0.2) is 9.97 Å². The first-order chi connectivity index (χ1) is 20.0. The Kier molecular flexibility index (Phi) is 5.10. The van der Waals surface area contributed by atoms with E-state index in [1.165, 1.54) is 11.1 Å². The summed E-state index contributed by atoms with van der Waals surface area (Å²) in [7, 11) is 0. The van der Waals surface area contributed by atoms with Crippen LogP contribution in [0.25, 0.3) is 44.1 Å². The van der Waals surface area contributed by atoms with E-state index in [2.05, 4.69) is 118 Å². The lowest BCUT2D eigenvalue weighted by atomic mass is 10.1. The second kappa shape index (κ2) is 8.76. The standard InChI is InChI=1S/C33H30N6O2/c1-20-9-11-24-26-7-5-13-34-32(26)40-30(24)28(20)38-17-15-36(22(38)3)19-37-16-18-39(23(37)4)29-21(2)10-12-25-27-8-6-14-35-33(27)41-31(25)29/h5-18,22-23H,19H2,1-4H3/t22-,23+. The number of hydrogen-bond donors (Lipinski definition) is 0. The van der Waals surface area contributed by atoms with Crippen molar-refractivity contribution in [3.05, 3.63) is 96.9 Å². The molecule has 0 amide bonds. The Labute approximate surface area is 237 Å². The quantitative estimate of drug-likeness (QED) is 0.228. The predicted molar refractivity (Wildman–Crippen MR) is 163 cm³/mol. The number of aryl methyl sites for hydroxylation is 2. The van der Waals surface area contributed by atoms with Crippen molar-refractivity contribution >= 4 is 55.5 Å². The zero-order chi connectivity index (χ0) is 27.8. The SMILES string of the molecule is Cc1ccc2c(oc3ncccc32)c1N1C=CN(CN2C=CN(c3c(C)ccc4c3oc3ncccc34)[C@H]2C)[C@H]1C. The summed E-state index contributed by atoms with van der Waals surface area (Å²) in [6.45, 7) is 9.47. The molecule has 0 fully saturated rings. The minimum absolute atomic E-state index is 0.0988. The topological polar surface area (TPSA) is 65.0 Å². The molecule has 8 rings (SSSR count). The first-order valence-corrected chi connectivity index (χ1v) is 14.0. The molecule has 8 heteroatoms. The molecule has 0 aliphatic carbocycles. The average Bonchev–Trinajstić information content (AvgIpc) is 3.73. The van der Waals surface area contributed by atoms with E-state index >= 15 is 0 Å².